The number of thioether (sulfide) groups is 1. The van der Waals surface area contributed by atoms with Gasteiger partial charge in [0.05, 0.1) is 15.5 Å². The molecule has 0 bridgehead atoms. The summed E-state index contributed by atoms with van der Waals surface area (Å²) in [7, 11) is -3.96. The van der Waals surface area contributed by atoms with Crippen molar-refractivity contribution in [1.82, 2.24) is 4.31 Å². The Labute approximate surface area is 131 Å². The van der Waals surface area contributed by atoms with Crippen molar-refractivity contribution >= 4 is 39.4 Å². The molecular formula is C12H11ClN2O4S2. The molecule has 1 fully saturated rings. The van der Waals surface area contributed by atoms with Crippen LogP contribution in [0.1, 0.15) is 5.56 Å². The highest BCUT2D eigenvalue weighted by Crippen LogP contribution is 2.27. The largest absolute Gasteiger partial charge is 0.480 e. The van der Waals surface area contributed by atoms with Gasteiger partial charge in [-0.3, -0.25) is 4.79 Å². The maximum atomic E-state index is 12.6. The fourth-order valence-corrected chi connectivity index (χ4v) is 5.10. The van der Waals surface area contributed by atoms with Crippen LogP contribution in [-0.4, -0.2) is 47.9 Å². The third-order valence-electron chi connectivity index (χ3n) is 3.03. The van der Waals surface area contributed by atoms with Crippen molar-refractivity contribution in [2.24, 2.45) is 0 Å². The summed E-state index contributed by atoms with van der Waals surface area (Å²) < 4.78 is 26.1. The first kappa shape index (κ1) is 16.1. The summed E-state index contributed by atoms with van der Waals surface area (Å²) in [6, 6.07) is 4.50. The van der Waals surface area contributed by atoms with Crippen LogP contribution in [0.5, 0.6) is 0 Å². The highest BCUT2D eigenvalue weighted by molar-refractivity contribution is 7.99. The molecule has 1 aliphatic rings. The van der Waals surface area contributed by atoms with Gasteiger partial charge in [0, 0.05) is 18.1 Å². The molecule has 1 N–H and O–H groups in total. The lowest BCUT2D eigenvalue weighted by molar-refractivity contribution is -0.140. The average molecular weight is 347 g/mol. The van der Waals surface area contributed by atoms with Crippen molar-refractivity contribution in [1.29, 1.82) is 5.26 Å². The van der Waals surface area contributed by atoms with Crippen LogP contribution in [-0.2, 0) is 14.8 Å². The Bertz CT molecular complexity index is 714. The zero-order valence-corrected chi connectivity index (χ0v) is 13.1. The Morgan fingerprint density at radius 3 is 2.81 bits per heavy atom. The Kier molecular flexibility index (Phi) is 4.78. The molecule has 0 aliphatic carbocycles. The zero-order valence-electron chi connectivity index (χ0n) is 10.7. The maximum Gasteiger partial charge on any atom is 0.322 e. The van der Waals surface area contributed by atoms with Gasteiger partial charge in [-0.2, -0.15) is 21.3 Å². The molecule has 1 saturated heterocycles. The van der Waals surface area contributed by atoms with E-state index in [2.05, 4.69) is 0 Å². The van der Waals surface area contributed by atoms with Crippen molar-refractivity contribution < 1.29 is 18.3 Å². The number of sulfonamides is 1. The highest BCUT2D eigenvalue weighted by atomic mass is 35.5. The van der Waals surface area contributed by atoms with Crippen molar-refractivity contribution in [2.75, 3.05) is 18.1 Å². The van der Waals surface area contributed by atoms with E-state index in [9.17, 15) is 13.2 Å². The lowest BCUT2D eigenvalue weighted by Crippen LogP contribution is -2.50. The Morgan fingerprint density at radius 1 is 1.52 bits per heavy atom. The van der Waals surface area contributed by atoms with E-state index >= 15 is 0 Å². The molecule has 0 saturated carbocycles. The molecule has 1 aromatic rings. The van der Waals surface area contributed by atoms with Gasteiger partial charge in [0.25, 0.3) is 0 Å². The molecule has 0 spiro atoms. The molecule has 1 atom stereocenters. The van der Waals surface area contributed by atoms with Gasteiger partial charge in [-0.25, -0.2) is 8.42 Å². The van der Waals surface area contributed by atoms with Gasteiger partial charge in [0.2, 0.25) is 10.0 Å². The topological polar surface area (TPSA) is 98.5 Å². The Hall–Kier alpha value is -1.27. The first-order valence-corrected chi connectivity index (χ1v) is 8.87. The van der Waals surface area contributed by atoms with Gasteiger partial charge in [-0.05, 0) is 18.2 Å². The third-order valence-corrected chi connectivity index (χ3v) is 6.27. The summed E-state index contributed by atoms with van der Waals surface area (Å²) in [5.41, 5.74) is 0.166. The summed E-state index contributed by atoms with van der Waals surface area (Å²) in [6.07, 6.45) is 0. The number of carboxylic acid groups (broad SMARTS) is 1. The molecule has 6 nitrogen and oxygen atoms in total. The molecular weight excluding hydrogens is 336 g/mol. The SMILES string of the molecule is N#Cc1ccc(S(=O)(=O)N2CCSCC2C(=O)O)cc1Cl. The van der Waals surface area contributed by atoms with E-state index in [1.165, 1.54) is 30.0 Å². The molecule has 2 rings (SSSR count). The van der Waals surface area contributed by atoms with Gasteiger partial charge in [0.15, 0.2) is 0 Å². The van der Waals surface area contributed by atoms with E-state index in [0.29, 0.717) is 5.75 Å². The number of hydrogen-bond acceptors (Lipinski definition) is 5. The van der Waals surface area contributed by atoms with Gasteiger partial charge < -0.3 is 5.11 Å². The molecule has 1 unspecified atom stereocenters. The Balaban J connectivity index is 2.43. The van der Waals surface area contributed by atoms with Crippen molar-refractivity contribution in [3.8, 4) is 6.07 Å². The lowest BCUT2D eigenvalue weighted by atomic mass is 10.2. The van der Waals surface area contributed by atoms with Crippen LogP contribution in [0.4, 0.5) is 0 Å². The van der Waals surface area contributed by atoms with Crippen LogP contribution in [0.3, 0.4) is 0 Å². The first-order valence-electron chi connectivity index (χ1n) is 5.90. The number of halogens is 1. The monoisotopic (exact) mass is 346 g/mol. The van der Waals surface area contributed by atoms with Crippen molar-refractivity contribution in [3.63, 3.8) is 0 Å². The second-order valence-electron chi connectivity index (χ2n) is 4.30. The number of aliphatic carboxylic acids is 1. The minimum absolute atomic E-state index is 0.0248. The standard InChI is InChI=1S/C12H11ClN2O4S2/c13-10-5-9(2-1-8(10)6-14)21(18,19)15-3-4-20-7-11(15)12(16)17/h1-2,5,11H,3-4,7H2,(H,16,17). The fraction of sp³-hybridized carbons (Fsp3) is 0.333. The van der Waals surface area contributed by atoms with Crippen LogP contribution in [0.15, 0.2) is 23.1 Å². The maximum absolute atomic E-state index is 12.6. The number of carbonyl (C=O) groups is 1. The number of nitrogens with zero attached hydrogens (tertiary/aromatic N) is 2. The van der Waals surface area contributed by atoms with E-state index in [0.717, 1.165) is 4.31 Å². The summed E-state index contributed by atoms with van der Waals surface area (Å²) >= 11 is 7.25. The molecule has 0 aromatic heterocycles. The number of benzene rings is 1. The summed E-state index contributed by atoms with van der Waals surface area (Å²) in [4.78, 5) is 11.1. The minimum Gasteiger partial charge on any atom is -0.480 e. The van der Waals surface area contributed by atoms with Gasteiger partial charge in [-0.15, -0.1) is 0 Å². The predicted molar refractivity (Wildman–Crippen MR) is 78.8 cm³/mol. The average Bonchev–Trinajstić information content (AvgIpc) is 2.47. The quantitative estimate of drug-likeness (QED) is 0.888. The molecule has 1 aliphatic heterocycles. The number of carboxylic acids is 1. The van der Waals surface area contributed by atoms with E-state index in [-0.39, 0.29) is 27.8 Å². The number of hydrogen-bond donors (Lipinski definition) is 1. The molecule has 9 heteroatoms. The van der Waals surface area contributed by atoms with Crippen LogP contribution in [0.25, 0.3) is 0 Å². The molecule has 21 heavy (non-hydrogen) atoms. The van der Waals surface area contributed by atoms with Crippen LogP contribution in [0, 0.1) is 11.3 Å². The van der Waals surface area contributed by atoms with E-state index in [4.69, 9.17) is 22.0 Å². The molecule has 1 heterocycles. The summed E-state index contributed by atoms with van der Waals surface area (Å²) in [5, 5.41) is 18.0. The van der Waals surface area contributed by atoms with Crippen LogP contribution in [0.2, 0.25) is 5.02 Å². The summed E-state index contributed by atoms with van der Waals surface area (Å²) in [5.74, 6) is -0.434. The van der Waals surface area contributed by atoms with E-state index in [1.807, 2.05) is 6.07 Å². The first-order chi connectivity index (χ1) is 9.87. The number of nitriles is 1. The summed E-state index contributed by atoms with van der Waals surface area (Å²) in [6.45, 7) is 0.127. The van der Waals surface area contributed by atoms with Gasteiger partial charge >= 0.3 is 5.97 Å². The third kappa shape index (κ3) is 3.16. The van der Waals surface area contributed by atoms with Gasteiger partial charge in [-0.1, -0.05) is 11.6 Å². The molecule has 1 aromatic carbocycles. The van der Waals surface area contributed by atoms with Crippen molar-refractivity contribution in [2.45, 2.75) is 10.9 Å². The van der Waals surface area contributed by atoms with Crippen LogP contribution >= 0.6 is 23.4 Å². The van der Waals surface area contributed by atoms with E-state index in [1.54, 1.807) is 0 Å². The fourth-order valence-electron chi connectivity index (χ4n) is 1.95. The van der Waals surface area contributed by atoms with E-state index < -0.39 is 22.0 Å². The number of rotatable bonds is 3. The predicted octanol–water partition coefficient (Wildman–Crippen LogP) is 1.40. The lowest BCUT2D eigenvalue weighted by Gasteiger charge is -2.31. The Morgan fingerprint density at radius 2 is 2.24 bits per heavy atom. The van der Waals surface area contributed by atoms with Gasteiger partial charge in [0.1, 0.15) is 12.1 Å². The molecule has 0 radical (unpaired) electrons. The second kappa shape index (κ2) is 6.23. The smallest absolute Gasteiger partial charge is 0.322 e. The van der Waals surface area contributed by atoms with Crippen molar-refractivity contribution in [3.05, 3.63) is 28.8 Å². The van der Waals surface area contributed by atoms with Crippen LogP contribution < -0.4 is 0 Å². The second-order valence-corrected chi connectivity index (χ2v) is 7.75. The molecule has 112 valence electrons. The zero-order chi connectivity index (χ0) is 15.6. The molecule has 0 amide bonds. The minimum atomic E-state index is -3.96. The highest BCUT2D eigenvalue weighted by Gasteiger charge is 2.38. The normalized spacial score (nSPS) is 19.9.